The topological polar surface area (TPSA) is 98.0 Å². The van der Waals surface area contributed by atoms with Crippen LogP contribution in [-0.2, 0) is 4.79 Å². The molecule has 4 fully saturated rings. The lowest BCUT2D eigenvalue weighted by atomic mass is 9.42. The van der Waals surface area contributed by atoms with E-state index in [1.807, 2.05) is 19.9 Å². The minimum absolute atomic E-state index is 0.0230. The quantitative estimate of drug-likeness (QED) is 0.442. The van der Waals surface area contributed by atoms with Crippen LogP contribution in [0.2, 0.25) is 0 Å². The third-order valence-electron chi connectivity index (χ3n) is 12.7. The van der Waals surface area contributed by atoms with Gasteiger partial charge in [0.15, 0.2) is 5.78 Å². The van der Waals surface area contributed by atoms with E-state index in [1.54, 1.807) is 0 Å². The van der Waals surface area contributed by atoms with Gasteiger partial charge in [-0.3, -0.25) is 4.79 Å². The maximum Gasteiger partial charge on any atom is 0.159 e. The molecule has 0 aliphatic heterocycles. The Balaban J connectivity index is 1.55. The summed E-state index contributed by atoms with van der Waals surface area (Å²) in [4.78, 5) is 13.7. The van der Waals surface area contributed by atoms with Gasteiger partial charge in [0.25, 0.3) is 0 Å². The molecule has 0 bridgehead atoms. The summed E-state index contributed by atoms with van der Waals surface area (Å²) < 4.78 is 0. The standard InChI is InChI=1S/C30H48O5/c1-26(2)24-19(32)13-17-14-27(3)11-9-22-28(4,12-10-23(34)30(22,6)16-31)21(27)8-7-18(17)29(24,5)15-20(33)25(26)35/h13,18,20-25,31,33-35H,7-12,14-16H2,1-6H3. The van der Waals surface area contributed by atoms with E-state index in [-0.39, 0.29) is 46.4 Å². The Labute approximate surface area is 211 Å². The zero-order valence-electron chi connectivity index (χ0n) is 22.7. The first-order chi connectivity index (χ1) is 16.1. The molecule has 0 spiro atoms. The molecule has 0 aromatic rings. The van der Waals surface area contributed by atoms with E-state index < -0.39 is 29.1 Å². The monoisotopic (exact) mass is 488 g/mol. The van der Waals surface area contributed by atoms with Crippen molar-refractivity contribution in [1.82, 2.24) is 0 Å². The van der Waals surface area contributed by atoms with Crippen molar-refractivity contribution in [3.8, 4) is 0 Å². The first-order valence-electron chi connectivity index (χ1n) is 14.0. The van der Waals surface area contributed by atoms with Crippen molar-refractivity contribution < 1.29 is 25.2 Å². The van der Waals surface area contributed by atoms with Gasteiger partial charge < -0.3 is 20.4 Å². The molecule has 11 unspecified atom stereocenters. The number of fused-ring (bicyclic) bond motifs is 6. The van der Waals surface area contributed by atoms with E-state index in [0.717, 1.165) is 44.9 Å². The summed E-state index contributed by atoms with van der Waals surface area (Å²) in [5.74, 6) is 0.815. The van der Waals surface area contributed by atoms with Gasteiger partial charge in [-0.15, -0.1) is 0 Å². The largest absolute Gasteiger partial charge is 0.396 e. The second-order valence-electron chi connectivity index (χ2n) is 14.9. The van der Waals surface area contributed by atoms with Crippen LogP contribution in [0.1, 0.15) is 92.9 Å². The van der Waals surface area contributed by atoms with Crippen molar-refractivity contribution in [3.63, 3.8) is 0 Å². The van der Waals surface area contributed by atoms with Crippen LogP contribution in [0.25, 0.3) is 0 Å². The molecule has 198 valence electrons. The maximum absolute atomic E-state index is 13.7. The van der Waals surface area contributed by atoms with Crippen molar-refractivity contribution in [1.29, 1.82) is 0 Å². The number of carbonyl (C=O) groups excluding carboxylic acids is 1. The Bertz CT molecular complexity index is 926. The molecule has 5 nitrogen and oxygen atoms in total. The van der Waals surface area contributed by atoms with Gasteiger partial charge in [0, 0.05) is 16.7 Å². The maximum atomic E-state index is 13.7. The Kier molecular flexibility index (Phi) is 5.83. The molecule has 5 rings (SSSR count). The molecule has 0 radical (unpaired) electrons. The molecular weight excluding hydrogens is 440 g/mol. The highest BCUT2D eigenvalue weighted by Crippen LogP contribution is 2.70. The molecule has 5 aliphatic carbocycles. The van der Waals surface area contributed by atoms with E-state index in [2.05, 4.69) is 27.7 Å². The summed E-state index contributed by atoms with van der Waals surface area (Å²) in [6.07, 6.45) is 6.98. The highest BCUT2D eigenvalue weighted by atomic mass is 16.3. The first kappa shape index (κ1) is 25.9. The van der Waals surface area contributed by atoms with Crippen LogP contribution in [0.5, 0.6) is 0 Å². The Morgan fingerprint density at radius 3 is 2.23 bits per heavy atom. The second-order valence-corrected chi connectivity index (χ2v) is 14.9. The molecule has 5 aliphatic rings. The molecule has 0 heterocycles. The van der Waals surface area contributed by atoms with Gasteiger partial charge in [0.1, 0.15) is 0 Å². The van der Waals surface area contributed by atoms with E-state index in [1.165, 1.54) is 5.57 Å². The molecule has 11 atom stereocenters. The summed E-state index contributed by atoms with van der Waals surface area (Å²) in [6.45, 7) is 13.1. The van der Waals surface area contributed by atoms with E-state index in [4.69, 9.17) is 0 Å². The highest BCUT2D eigenvalue weighted by Gasteiger charge is 2.65. The minimum atomic E-state index is -0.894. The average Bonchev–Trinajstić information content (AvgIpc) is 2.91. The number of aliphatic hydroxyl groups excluding tert-OH is 4. The first-order valence-corrected chi connectivity index (χ1v) is 14.0. The second kappa shape index (κ2) is 7.88. The van der Waals surface area contributed by atoms with E-state index >= 15 is 0 Å². The fourth-order valence-corrected chi connectivity index (χ4v) is 11.1. The van der Waals surface area contributed by atoms with Crippen molar-refractivity contribution >= 4 is 5.78 Å². The van der Waals surface area contributed by atoms with E-state index in [9.17, 15) is 25.2 Å². The van der Waals surface area contributed by atoms with Crippen LogP contribution in [0.3, 0.4) is 0 Å². The fourth-order valence-electron chi connectivity index (χ4n) is 11.1. The van der Waals surface area contributed by atoms with Gasteiger partial charge in [0.2, 0.25) is 0 Å². The zero-order valence-corrected chi connectivity index (χ0v) is 22.7. The molecule has 0 saturated heterocycles. The summed E-state index contributed by atoms with van der Waals surface area (Å²) in [6, 6.07) is 0. The highest BCUT2D eigenvalue weighted by molar-refractivity contribution is 5.95. The van der Waals surface area contributed by atoms with Crippen molar-refractivity contribution in [2.45, 2.75) is 111 Å². The normalized spacial score (nSPS) is 55.5. The number of ketones is 1. The summed E-state index contributed by atoms with van der Waals surface area (Å²) >= 11 is 0. The number of allylic oxidation sites excluding steroid dienone is 2. The van der Waals surface area contributed by atoms with Crippen LogP contribution in [0, 0.1) is 50.7 Å². The number of rotatable bonds is 1. The van der Waals surface area contributed by atoms with Crippen LogP contribution < -0.4 is 0 Å². The average molecular weight is 489 g/mol. The van der Waals surface area contributed by atoms with Crippen LogP contribution >= 0.6 is 0 Å². The molecule has 0 amide bonds. The van der Waals surface area contributed by atoms with E-state index in [0.29, 0.717) is 12.3 Å². The van der Waals surface area contributed by atoms with Crippen molar-refractivity contribution in [2.24, 2.45) is 50.7 Å². The van der Waals surface area contributed by atoms with Crippen LogP contribution in [0.4, 0.5) is 0 Å². The predicted octanol–water partition coefficient (Wildman–Crippen LogP) is 4.26. The SMILES string of the molecule is CC12CCC3C(C)(CO)C(O)CCC3(C)C1CCC1C(=CC(=O)C3C(C)(C)C(O)C(O)CC13C)C2. The zero-order chi connectivity index (χ0) is 25.8. The molecule has 35 heavy (non-hydrogen) atoms. The van der Waals surface area contributed by atoms with Crippen molar-refractivity contribution in [3.05, 3.63) is 11.6 Å². The Morgan fingerprint density at radius 1 is 0.886 bits per heavy atom. The van der Waals surface area contributed by atoms with Gasteiger partial charge >= 0.3 is 0 Å². The number of carbonyl (C=O) groups is 1. The number of aliphatic hydroxyl groups is 4. The summed E-state index contributed by atoms with van der Waals surface area (Å²) in [5, 5.41) is 43.0. The van der Waals surface area contributed by atoms with Gasteiger partial charge in [-0.2, -0.15) is 0 Å². The predicted molar refractivity (Wildman–Crippen MR) is 135 cm³/mol. The fraction of sp³-hybridized carbons (Fsp3) is 0.900. The molecule has 5 heteroatoms. The van der Waals surface area contributed by atoms with Gasteiger partial charge in [-0.25, -0.2) is 0 Å². The molecular formula is C30H48O5. The number of hydrogen-bond acceptors (Lipinski definition) is 5. The molecule has 4 N–H and O–H groups in total. The minimum Gasteiger partial charge on any atom is -0.396 e. The van der Waals surface area contributed by atoms with Crippen molar-refractivity contribution in [2.75, 3.05) is 6.61 Å². The van der Waals surface area contributed by atoms with Crippen LogP contribution in [-0.4, -0.2) is 51.1 Å². The smallest absolute Gasteiger partial charge is 0.159 e. The lowest BCUT2D eigenvalue weighted by molar-refractivity contribution is -0.189. The molecule has 0 aromatic heterocycles. The summed E-state index contributed by atoms with van der Waals surface area (Å²) in [5.41, 5.74) is -0.113. The summed E-state index contributed by atoms with van der Waals surface area (Å²) in [7, 11) is 0. The van der Waals surface area contributed by atoms with Gasteiger partial charge in [-0.1, -0.05) is 47.1 Å². The van der Waals surface area contributed by atoms with Gasteiger partial charge in [0.05, 0.1) is 24.9 Å². The third-order valence-corrected chi connectivity index (χ3v) is 12.7. The Hall–Kier alpha value is -0.750. The van der Waals surface area contributed by atoms with Crippen LogP contribution in [0.15, 0.2) is 11.6 Å². The third kappa shape index (κ3) is 3.30. The molecule has 4 saturated carbocycles. The number of hydrogen-bond donors (Lipinski definition) is 4. The molecule has 0 aromatic carbocycles. The Morgan fingerprint density at radius 2 is 1.57 bits per heavy atom. The lowest BCUT2D eigenvalue weighted by Crippen LogP contribution is -2.62. The van der Waals surface area contributed by atoms with Gasteiger partial charge in [-0.05, 0) is 91.4 Å². The lowest BCUT2D eigenvalue weighted by Gasteiger charge is -2.64.